The number of rotatable bonds is 5. The molecule has 0 amide bonds. The molecule has 2 aliphatic carbocycles. The Morgan fingerprint density at radius 1 is 1.25 bits per heavy atom. The SMILES string of the molecule is Cc1ccc(-c2nc(CC(=O)C3CC3)cc3nc(C4CC4)nn23)o1. The minimum Gasteiger partial charge on any atom is -0.458 e. The van der Waals surface area contributed by atoms with Gasteiger partial charge < -0.3 is 4.42 Å². The van der Waals surface area contributed by atoms with E-state index in [9.17, 15) is 4.79 Å². The summed E-state index contributed by atoms with van der Waals surface area (Å²) in [5.41, 5.74) is 1.49. The van der Waals surface area contributed by atoms with Crippen molar-refractivity contribution in [3.63, 3.8) is 0 Å². The van der Waals surface area contributed by atoms with E-state index in [1.807, 2.05) is 25.1 Å². The van der Waals surface area contributed by atoms with E-state index in [1.54, 1.807) is 4.52 Å². The Morgan fingerprint density at radius 3 is 2.75 bits per heavy atom. The van der Waals surface area contributed by atoms with Crippen LogP contribution in [-0.4, -0.2) is 25.4 Å². The number of fused-ring (bicyclic) bond motifs is 1. The summed E-state index contributed by atoms with van der Waals surface area (Å²) in [6, 6.07) is 5.68. The number of furan rings is 1. The summed E-state index contributed by atoms with van der Waals surface area (Å²) in [6.45, 7) is 1.90. The molecule has 3 aromatic heterocycles. The van der Waals surface area contributed by atoms with Gasteiger partial charge in [0, 0.05) is 24.3 Å². The van der Waals surface area contributed by atoms with Gasteiger partial charge in [0.25, 0.3) is 0 Å². The molecule has 0 radical (unpaired) electrons. The van der Waals surface area contributed by atoms with Gasteiger partial charge >= 0.3 is 0 Å². The second-order valence-corrected chi connectivity index (χ2v) is 6.91. The van der Waals surface area contributed by atoms with Crippen LogP contribution >= 0.6 is 0 Å². The smallest absolute Gasteiger partial charge is 0.199 e. The fourth-order valence-corrected chi connectivity index (χ4v) is 3.00. The summed E-state index contributed by atoms with van der Waals surface area (Å²) >= 11 is 0. The highest BCUT2D eigenvalue weighted by atomic mass is 16.3. The Bertz CT molecular complexity index is 947. The highest BCUT2D eigenvalue weighted by Crippen LogP contribution is 2.38. The molecule has 3 heterocycles. The monoisotopic (exact) mass is 322 g/mol. The van der Waals surface area contributed by atoms with Crippen molar-refractivity contribution >= 4 is 11.4 Å². The first kappa shape index (κ1) is 13.9. The Hall–Kier alpha value is -2.50. The molecular formula is C18H18N4O2. The predicted octanol–water partition coefficient (Wildman–Crippen LogP) is 3.09. The summed E-state index contributed by atoms with van der Waals surface area (Å²) in [5.74, 6) is 3.94. The third-order valence-corrected chi connectivity index (χ3v) is 4.69. The van der Waals surface area contributed by atoms with Gasteiger partial charge in [-0.15, -0.1) is 5.10 Å². The normalized spacial score (nSPS) is 17.5. The van der Waals surface area contributed by atoms with Crippen molar-refractivity contribution in [1.82, 2.24) is 19.6 Å². The molecule has 2 saturated carbocycles. The van der Waals surface area contributed by atoms with Gasteiger partial charge in [-0.3, -0.25) is 4.79 Å². The van der Waals surface area contributed by atoms with Gasteiger partial charge in [0.15, 0.2) is 23.1 Å². The van der Waals surface area contributed by atoms with Crippen molar-refractivity contribution in [3.05, 3.63) is 35.5 Å². The predicted molar refractivity (Wildman–Crippen MR) is 86.6 cm³/mol. The fraction of sp³-hybridized carbons (Fsp3) is 0.444. The van der Waals surface area contributed by atoms with Gasteiger partial charge in [-0.2, -0.15) is 4.52 Å². The van der Waals surface area contributed by atoms with Gasteiger partial charge in [0.05, 0.1) is 5.69 Å². The molecule has 3 aromatic rings. The molecule has 122 valence electrons. The number of hydrogen-bond acceptors (Lipinski definition) is 5. The van der Waals surface area contributed by atoms with Crippen molar-refractivity contribution in [3.8, 4) is 11.6 Å². The number of carbonyl (C=O) groups is 1. The van der Waals surface area contributed by atoms with Crippen LogP contribution < -0.4 is 0 Å². The first-order chi connectivity index (χ1) is 11.7. The second kappa shape index (κ2) is 5.00. The third kappa shape index (κ3) is 2.42. The quantitative estimate of drug-likeness (QED) is 0.721. The van der Waals surface area contributed by atoms with Crippen LogP contribution in [-0.2, 0) is 11.2 Å². The maximum absolute atomic E-state index is 12.2. The molecule has 0 bridgehead atoms. The highest BCUT2D eigenvalue weighted by Gasteiger charge is 2.31. The zero-order valence-electron chi connectivity index (χ0n) is 13.5. The number of aryl methyl sites for hydroxylation is 1. The van der Waals surface area contributed by atoms with E-state index >= 15 is 0 Å². The number of carbonyl (C=O) groups excluding carboxylic acids is 1. The first-order valence-electron chi connectivity index (χ1n) is 8.53. The largest absolute Gasteiger partial charge is 0.458 e. The average molecular weight is 322 g/mol. The summed E-state index contributed by atoms with van der Waals surface area (Å²) in [4.78, 5) is 21.5. The summed E-state index contributed by atoms with van der Waals surface area (Å²) in [6.07, 6.45) is 4.68. The molecule has 0 spiro atoms. The van der Waals surface area contributed by atoms with Crippen LogP contribution in [0.2, 0.25) is 0 Å². The number of aromatic nitrogens is 4. The highest BCUT2D eigenvalue weighted by molar-refractivity contribution is 5.85. The Kier molecular flexibility index (Phi) is 2.89. The van der Waals surface area contributed by atoms with Crippen molar-refractivity contribution in [1.29, 1.82) is 0 Å². The molecule has 0 atom stereocenters. The Labute approximate surface area is 138 Å². The van der Waals surface area contributed by atoms with Gasteiger partial charge in [0.2, 0.25) is 0 Å². The van der Waals surface area contributed by atoms with E-state index in [0.29, 0.717) is 23.9 Å². The fourth-order valence-electron chi connectivity index (χ4n) is 3.00. The summed E-state index contributed by atoms with van der Waals surface area (Å²) in [5, 5.41) is 4.63. The van der Waals surface area contributed by atoms with E-state index in [1.165, 1.54) is 0 Å². The first-order valence-corrected chi connectivity index (χ1v) is 8.53. The van der Waals surface area contributed by atoms with Crippen LogP contribution in [0.15, 0.2) is 22.6 Å². The standard InChI is InChI=1S/C18H18N4O2/c1-10-2-7-15(24-10)18-19-13(8-14(23)11-3-4-11)9-16-20-17(12-5-6-12)21-22(16)18/h2,7,9,11-12H,3-6,8H2,1H3. The van der Waals surface area contributed by atoms with E-state index in [2.05, 4.69) is 15.1 Å². The molecule has 6 nitrogen and oxygen atoms in total. The molecule has 0 saturated heterocycles. The lowest BCUT2D eigenvalue weighted by Gasteiger charge is -2.04. The topological polar surface area (TPSA) is 73.3 Å². The number of nitrogens with zero attached hydrogens (tertiary/aromatic N) is 4. The molecule has 2 aliphatic rings. The lowest BCUT2D eigenvalue weighted by atomic mass is 10.1. The molecule has 0 aliphatic heterocycles. The van der Waals surface area contributed by atoms with Crippen molar-refractivity contribution < 1.29 is 9.21 Å². The molecule has 6 heteroatoms. The van der Waals surface area contributed by atoms with Crippen LogP contribution in [0.4, 0.5) is 0 Å². The van der Waals surface area contributed by atoms with Crippen molar-refractivity contribution in [2.75, 3.05) is 0 Å². The van der Waals surface area contributed by atoms with Crippen molar-refractivity contribution in [2.45, 2.75) is 44.9 Å². The summed E-state index contributed by atoms with van der Waals surface area (Å²) < 4.78 is 7.49. The minimum atomic E-state index is 0.234. The van der Waals surface area contributed by atoms with Crippen molar-refractivity contribution in [2.24, 2.45) is 5.92 Å². The Morgan fingerprint density at radius 2 is 2.08 bits per heavy atom. The molecule has 0 N–H and O–H groups in total. The van der Waals surface area contributed by atoms with Crippen LogP contribution in [0.5, 0.6) is 0 Å². The Balaban J connectivity index is 1.63. The molecule has 24 heavy (non-hydrogen) atoms. The molecule has 0 unspecified atom stereocenters. The maximum Gasteiger partial charge on any atom is 0.199 e. The van der Waals surface area contributed by atoms with Crippen LogP contribution in [0.25, 0.3) is 17.2 Å². The van der Waals surface area contributed by atoms with Crippen LogP contribution in [0.1, 0.15) is 48.9 Å². The van der Waals surface area contributed by atoms with E-state index < -0.39 is 0 Å². The van der Waals surface area contributed by atoms with Gasteiger partial charge in [-0.25, -0.2) is 9.97 Å². The zero-order chi connectivity index (χ0) is 16.3. The summed E-state index contributed by atoms with van der Waals surface area (Å²) in [7, 11) is 0. The second-order valence-electron chi connectivity index (χ2n) is 6.91. The van der Waals surface area contributed by atoms with Crippen LogP contribution in [0.3, 0.4) is 0 Å². The minimum absolute atomic E-state index is 0.234. The number of hydrogen-bond donors (Lipinski definition) is 0. The van der Waals surface area contributed by atoms with Gasteiger partial charge in [-0.1, -0.05) is 0 Å². The molecular weight excluding hydrogens is 304 g/mol. The van der Waals surface area contributed by atoms with Crippen LogP contribution in [0, 0.1) is 12.8 Å². The van der Waals surface area contributed by atoms with E-state index in [4.69, 9.17) is 4.42 Å². The molecule has 5 rings (SSSR count). The zero-order valence-corrected chi connectivity index (χ0v) is 13.5. The van der Waals surface area contributed by atoms with Gasteiger partial charge in [-0.05, 0) is 44.7 Å². The third-order valence-electron chi connectivity index (χ3n) is 4.69. The number of Topliss-reactive ketones (excluding diaryl/α,β-unsaturated/α-hetero) is 1. The molecule has 2 fully saturated rings. The van der Waals surface area contributed by atoms with Gasteiger partial charge in [0.1, 0.15) is 11.5 Å². The lowest BCUT2D eigenvalue weighted by Crippen LogP contribution is -2.09. The molecule has 0 aromatic carbocycles. The maximum atomic E-state index is 12.2. The lowest BCUT2D eigenvalue weighted by molar-refractivity contribution is -0.119. The number of ketones is 1. The van der Waals surface area contributed by atoms with E-state index in [0.717, 1.165) is 48.6 Å². The average Bonchev–Trinajstić information content (AvgIpc) is 3.48. The van der Waals surface area contributed by atoms with E-state index in [-0.39, 0.29) is 11.7 Å².